The van der Waals surface area contributed by atoms with E-state index < -0.39 is 0 Å². The van der Waals surface area contributed by atoms with Gasteiger partial charge in [0.05, 0.1) is 6.04 Å². The number of rotatable bonds is 5. The van der Waals surface area contributed by atoms with Gasteiger partial charge in [-0.15, -0.1) is 5.10 Å². The zero-order valence-corrected chi connectivity index (χ0v) is 20.1. The molecule has 180 valence electrons. The highest BCUT2D eigenvalue weighted by atomic mass is 16.5. The molecule has 35 heavy (non-hydrogen) atoms. The number of nitrogens with zero attached hydrogens (tertiary/aromatic N) is 4. The number of para-hydroxylation sites is 1. The van der Waals surface area contributed by atoms with Crippen LogP contribution in [-0.4, -0.2) is 57.2 Å². The van der Waals surface area contributed by atoms with E-state index in [4.69, 9.17) is 4.52 Å². The van der Waals surface area contributed by atoms with Gasteiger partial charge < -0.3 is 19.3 Å². The molecule has 4 aromatic rings. The summed E-state index contributed by atoms with van der Waals surface area (Å²) in [5, 5.41) is 8.58. The number of fused-ring (bicyclic) bond motifs is 2. The molecule has 0 spiro atoms. The van der Waals surface area contributed by atoms with E-state index in [0.717, 1.165) is 45.3 Å². The van der Waals surface area contributed by atoms with Gasteiger partial charge in [-0.25, -0.2) is 0 Å². The first-order valence-electron chi connectivity index (χ1n) is 12.6. The second-order valence-corrected chi connectivity index (χ2v) is 9.86. The summed E-state index contributed by atoms with van der Waals surface area (Å²) in [6, 6.07) is 17.2. The Morgan fingerprint density at radius 3 is 2.71 bits per heavy atom. The molecule has 0 bridgehead atoms. The van der Waals surface area contributed by atoms with Gasteiger partial charge in [-0.1, -0.05) is 42.5 Å². The Morgan fingerprint density at radius 1 is 1.09 bits per heavy atom. The van der Waals surface area contributed by atoms with Crippen molar-refractivity contribution in [2.24, 2.45) is 0 Å². The van der Waals surface area contributed by atoms with Gasteiger partial charge >= 0.3 is 0 Å². The number of H-pyrrole nitrogens is 1. The summed E-state index contributed by atoms with van der Waals surface area (Å²) in [6.07, 6.45) is 5.50. The number of aryl methyl sites for hydroxylation is 1. The number of carbonyl (C=O) groups excluding carboxylic acids is 1. The highest BCUT2D eigenvalue weighted by molar-refractivity contribution is 5.91. The Hall–Kier alpha value is -3.45. The van der Waals surface area contributed by atoms with E-state index in [1.807, 2.05) is 4.90 Å². The van der Waals surface area contributed by atoms with E-state index in [9.17, 15) is 4.79 Å². The van der Waals surface area contributed by atoms with Crippen LogP contribution in [0.3, 0.4) is 0 Å². The average Bonchev–Trinajstić information content (AvgIpc) is 3.55. The molecular formula is C28H31N5O2. The molecule has 7 nitrogen and oxygen atoms in total. The normalized spacial score (nSPS) is 19.2. The molecule has 4 heterocycles. The minimum atomic E-state index is -0.122. The minimum absolute atomic E-state index is 0.0335. The van der Waals surface area contributed by atoms with Crippen LogP contribution in [0.2, 0.25) is 0 Å². The van der Waals surface area contributed by atoms with Crippen molar-refractivity contribution in [3.05, 3.63) is 82.9 Å². The number of benzene rings is 2. The number of piperidine rings is 1. The summed E-state index contributed by atoms with van der Waals surface area (Å²) in [5.74, 6) is 0.683. The lowest BCUT2D eigenvalue weighted by Gasteiger charge is -2.39. The summed E-state index contributed by atoms with van der Waals surface area (Å²) < 4.78 is 5.10. The van der Waals surface area contributed by atoms with Crippen molar-refractivity contribution in [2.75, 3.05) is 26.2 Å². The smallest absolute Gasteiger partial charge is 0.294 e. The van der Waals surface area contributed by atoms with Gasteiger partial charge in [0.25, 0.3) is 5.91 Å². The molecule has 1 atom stereocenters. The fourth-order valence-electron chi connectivity index (χ4n) is 6.18. The lowest BCUT2D eigenvalue weighted by molar-refractivity contribution is 0.0588. The average molecular weight is 470 g/mol. The second-order valence-electron chi connectivity index (χ2n) is 9.86. The first-order chi connectivity index (χ1) is 17.2. The molecule has 0 saturated carbocycles. The maximum Gasteiger partial charge on any atom is 0.294 e. The lowest BCUT2D eigenvalue weighted by atomic mass is 9.87. The molecule has 0 aliphatic carbocycles. The number of likely N-dealkylation sites (tertiary alicyclic amines) is 1. The first kappa shape index (κ1) is 22.0. The van der Waals surface area contributed by atoms with Crippen molar-refractivity contribution in [1.82, 2.24) is 25.2 Å². The number of carbonyl (C=O) groups is 1. The molecule has 2 aromatic heterocycles. The van der Waals surface area contributed by atoms with Crippen molar-refractivity contribution in [3.63, 3.8) is 0 Å². The summed E-state index contributed by atoms with van der Waals surface area (Å²) in [5.41, 5.74) is 6.64. The Labute approximate surface area is 205 Å². The van der Waals surface area contributed by atoms with Crippen LogP contribution in [0.25, 0.3) is 10.9 Å². The maximum atomic E-state index is 13.2. The molecule has 2 aliphatic rings. The SMILES string of the molecule is Cc1[nH]c2ccccc2c1C1CCN(CCC2c3ccccc3CCN2C(=O)c2cnno2)CC1. The molecule has 1 N–H and O–H groups in total. The molecule has 2 aliphatic heterocycles. The van der Waals surface area contributed by atoms with Crippen LogP contribution in [0.1, 0.15) is 64.2 Å². The molecule has 1 fully saturated rings. The van der Waals surface area contributed by atoms with Gasteiger partial charge in [-0.2, -0.15) is 0 Å². The Kier molecular flexibility index (Phi) is 5.86. The van der Waals surface area contributed by atoms with E-state index >= 15 is 0 Å². The number of aromatic amines is 1. The first-order valence-corrected chi connectivity index (χ1v) is 12.6. The van der Waals surface area contributed by atoms with Gasteiger partial charge in [0.2, 0.25) is 5.76 Å². The van der Waals surface area contributed by atoms with Gasteiger partial charge in [0.1, 0.15) is 6.20 Å². The standard InChI is InChI=1S/C28H31N5O2/c1-19-27(23-8-4-5-9-24(23)30-19)21-10-14-32(15-11-21)16-13-25-22-7-3-2-6-20(22)12-17-33(25)28(34)26-18-29-31-35-26/h2-9,18,21,25,30H,10-17H2,1H3. The lowest BCUT2D eigenvalue weighted by Crippen LogP contribution is -2.42. The van der Waals surface area contributed by atoms with Crippen LogP contribution in [0.4, 0.5) is 0 Å². The number of hydrogen-bond donors (Lipinski definition) is 1. The van der Waals surface area contributed by atoms with Crippen LogP contribution < -0.4 is 0 Å². The van der Waals surface area contributed by atoms with E-state index in [2.05, 4.69) is 75.7 Å². The van der Waals surface area contributed by atoms with Gasteiger partial charge in [0, 0.05) is 35.0 Å². The van der Waals surface area contributed by atoms with E-state index in [-0.39, 0.29) is 17.7 Å². The Bertz CT molecular complexity index is 1320. The van der Waals surface area contributed by atoms with Crippen LogP contribution >= 0.6 is 0 Å². The van der Waals surface area contributed by atoms with Crippen molar-refractivity contribution in [2.45, 2.75) is 44.6 Å². The molecule has 6 rings (SSSR count). The molecule has 1 saturated heterocycles. The fourth-order valence-corrected chi connectivity index (χ4v) is 6.18. The topological polar surface area (TPSA) is 78.3 Å². The molecule has 0 radical (unpaired) electrons. The predicted octanol–water partition coefficient (Wildman–Crippen LogP) is 4.87. The van der Waals surface area contributed by atoms with Crippen molar-refractivity contribution >= 4 is 16.8 Å². The Morgan fingerprint density at radius 2 is 1.89 bits per heavy atom. The third kappa shape index (κ3) is 4.14. The monoisotopic (exact) mass is 469 g/mol. The van der Waals surface area contributed by atoms with Crippen LogP contribution in [0.5, 0.6) is 0 Å². The van der Waals surface area contributed by atoms with Crippen LogP contribution in [0, 0.1) is 6.92 Å². The third-order valence-electron chi connectivity index (χ3n) is 7.90. The second kappa shape index (κ2) is 9.30. The van der Waals surface area contributed by atoms with Gasteiger partial charge in [0.15, 0.2) is 0 Å². The molecule has 7 heteroatoms. The van der Waals surface area contributed by atoms with Gasteiger partial charge in [-0.3, -0.25) is 4.79 Å². The fraction of sp³-hybridized carbons (Fsp3) is 0.393. The van der Waals surface area contributed by atoms with Gasteiger partial charge in [-0.05, 0) is 74.4 Å². The number of hydrogen-bond acceptors (Lipinski definition) is 5. The summed E-state index contributed by atoms with van der Waals surface area (Å²) >= 11 is 0. The highest BCUT2D eigenvalue weighted by Crippen LogP contribution is 2.37. The van der Waals surface area contributed by atoms with E-state index in [1.165, 1.54) is 39.5 Å². The number of nitrogens with one attached hydrogen (secondary N) is 1. The van der Waals surface area contributed by atoms with Crippen LogP contribution in [0.15, 0.2) is 59.3 Å². The zero-order valence-electron chi connectivity index (χ0n) is 20.1. The summed E-state index contributed by atoms with van der Waals surface area (Å²) in [7, 11) is 0. The summed E-state index contributed by atoms with van der Waals surface area (Å²) in [6.45, 7) is 6.02. The predicted molar refractivity (Wildman–Crippen MR) is 134 cm³/mol. The molecule has 1 amide bonds. The van der Waals surface area contributed by atoms with E-state index in [1.54, 1.807) is 0 Å². The maximum absolute atomic E-state index is 13.2. The molecule has 1 unspecified atom stereocenters. The van der Waals surface area contributed by atoms with Crippen molar-refractivity contribution in [1.29, 1.82) is 0 Å². The highest BCUT2D eigenvalue weighted by Gasteiger charge is 2.33. The number of aromatic nitrogens is 3. The molecule has 2 aromatic carbocycles. The minimum Gasteiger partial charge on any atom is -0.358 e. The number of amides is 1. The Balaban J connectivity index is 1.15. The quantitative estimate of drug-likeness (QED) is 0.451. The summed E-state index contributed by atoms with van der Waals surface area (Å²) in [4.78, 5) is 21.3. The zero-order chi connectivity index (χ0) is 23.8. The van der Waals surface area contributed by atoms with Crippen molar-refractivity contribution in [3.8, 4) is 0 Å². The third-order valence-corrected chi connectivity index (χ3v) is 7.90. The van der Waals surface area contributed by atoms with Crippen molar-refractivity contribution < 1.29 is 9.32 Å². The van der Waals surface area contributed by atoms with Crippen LogP contribution in [-0.2, 0) is 6.42 Å². The molecular weight excluding hydrogens is 438 g/mol. The largest absolute Gasteiger partial charge is 0.358 e. The van der Waals surface area contributed by atoms with E-state index in [0.29, 0.717) is 12.5 Å².